The van der Waals surface area contributed by atoms with E-state index in [0.29, 0.717) is 5.56 Å². The van der Waals surface area contributed by atoms with E-state index in [1.807, 2.05) is 0 Å². The van der Waals surface area contributed by atoms with E-state index in [-0.39, 0.29) is 25.9 Å². The Bertz CT molecular complexity index is 793. The van der Waals surface area contributed by atoms with Crippen molar-refractivity contribution >= 4 is 23.9 Å². The Balaban J connectivity index is 2.25. The van der Waals surface area contributed by atoms with E-state index in [0.717, 1.165) is 0 Å². The van der Waals surface area contributed by atoms with Crippen molar-refractivity contribution in [3.63, 3.8) is 0 Å². The number of aliphatic carboxylic acids is 2. The molecule has 1 aliphatic rings. The topological polar surface area (TPSA) is 133 Å². The van der Waals surface area contributed by atoms with Gasteiger partial charge in [0.15, 0.2) is 0 Å². The SMILES string of the molecule is CC(C)(C)OC(=O)N1CCC(C(=O)N[C@@H](CC(=O)O)C(=O)O)(c2ccccc2)CC1. The third-order valence-electron chi connectivity index (χ3n) is 5.01. The van der Waals surface area contributed by atoms with Crippen molar-refractivity contribution < 1.29 is 34.1 Å². The second-order valence-electron chi connectivity index (χ2n) is 8.38. The van der Waals surface area contributed by atoms with Crippen LogP contribution >= 0.6 is 0 Å². The van der Waals surface area contributed by atoms with E-state index in [1.54, 1.807) is 51.1 Å². The number of piperidine rings is 1. The predicted molar refractivity (Wildman–Crippen MR) is 107 cm³/mol. The van der Waals surface area contributed by atoms with E-state index in [9.17, 15) is 24.3 Å². The van der Waals surface area contributed by atoms with Crippen LogP contribution in [0.1, 0.15) is 45.6 Å². The minimum Gasteiger partial charge on any atom is -0.481 e. The molecular formula is C21H28N2O7. The Morgan fingerprint density at radius 1 is 1.10 bits per heavy atom. The largest absolute Gasteiger partial charge is 0.481 e. The van der Waals surface area contributed by atoms with Crippen LogP contribution in [0.5, 0.6) is 0 Å². The Hall–Kier alpha value is -3.10. The van der Waals surface area contributed by atoms with Crippen molar-refractivity contribution in [3.05, 3.63) is 35.9 Å². The summed E-state index contributed by atoms with van der Waals surface area (Å²) >= 11 is 0. The van der Waals surface area contributed by atoms with Gasteiger partial charge in [-0.2, -0.15) is 0 Å². The number of benzene rings is 1. The molecule has 9 heteroatoms. The number of carbonyl (C=O) groups is 4. The van der Waals surface area contributed by atoms with E-state index < -0.39 is 47.4 Å². The van der Waals surface area contributed by atoms with Gasteiger partial charge in [0.05, 0.1) is 11.8 Å². The average Bonchev–Trinajstić information content (AvgIpc) is 2.66. The molecule has 9 nitrogen and oxygen atoms in total. The molecule has 164 valence electrons. The lowest BCUT2D eigenvalue weighted by Gasteiger charge is -2.41. The third kappa shape index (κ3) is 5.71. The van der Waals surface area contributed by atoms with Gasteiger partial charge in [-0.15, -0.1) is 0 Å². The van der Waals surface area contributed by atoms with E-state index in [1.165, 1.54) is 4.90 Å². The van der Waals surface area contributed by atoms with Gasteiger partial charge in [-0.25, -0.2) is 9.59 Å². The summed E-state index contributed by atoms with van der Waals surface area (Å²) in [6, 6.07) is 7.35. The summed E-state index contributed by atoms with van der Waals surface area (Å²) in [5.74, 6) is -3.30. The highest BCUT2D eigenvalue weighted by Crippen LogP contribution is 2.36. The van der Waals surface area contributed by atoms with Gasteiger partial charge in [0.1, 0.15) is 11.6 Å². The summed E-state index contributed by atoms with van der Waals surface area (Å²) < 4.78 is 5.39. The zero-order valence-corrected chi connectivity index (χ0v) is 17.4. The van der Waals surface area contributed by atoms with E-state index in [2.05, 4.69) is 5.32 Å². The molecule has 1 aromatic rings. The minimum absolute atomic E-state index is 0.244. The summed E-state index contributed by atoms with van der Waals surface area (Å²) in [5, 5.41) is 20.6. The number of amides is 2. The summed E-state index contributed by atoms with van der Waals surface area (Å²) in [4.78, 5) is 49.5. The second-order valence-corrected chi connectivity index (χ2v) is 8.38. The van der Waals surface area contributed by atoms with Crippen molar-refractivity contribution in [1.29, 1.82) is 0 Å². The van der Waals surface area contributed by atoms with Gasteiger partial charge < -0.3 is 25.2 Å². The quantitative estimate of drug-likeness (QED) is 0.641. The monoisotopic (exact) mass is 420 g/mol. The molecule has 1 heterocycles. The first-order chi connectivity index (χ1) is 13.9. The predicted octanol–water partition coefficient (Wildman–Crippen LogP) is 2.00. The number of carbonyl (C=O) groups excluding carboxylic acids is 2. The maximum Gasteiger partial charge on any atom is 0.410 e. The number of hydrogen-bond acceptors (Lipinski definition) is 5. The lowest BCUT2D eigenvalue weighted by Crippen LogP contribution is -2.56. The van der Waals surface area contributed by atoms with Crippen molar-refractivity contribution in [2.45, 2.75) is 57.1 Å². The molecule has 1 aliphatic heterocycles. The highest BCUT2D eigenvalue weighted by molar-refractivity contribution is 5.93. The molecule has 3 N–H and O–H groups in total. The van der Waals surface area contributed by atoms with Gasteiger partial charge in [-0.3, -0.25) is 9.59 Å². The number of hydrogen-bond donors (Lipinski definition) is 3. The number of ether oxygens (including phenoxy) is 1. The molecule has 1 atom stereocenters. The Morgan fingerprint density at radius 2 is 1.67 bits per heavy atom. The molecule has 0 saturated carbocycles. The first-order valence-electron chi connectivity index (χ1n) is 9.73. The van der Waals surface area contributed by atoms with Crippen LogP contribution in [-0.2, 0) is 24.5 Å². The smallest absolute Gasteiger partial charge is 0.410 e. The van der Waals surface area contributed by atoms with Crippen molar-refractivity contribution in [2.24, 2.45) is 0 Å². The summed E-state index contributed by atoms with van der Waals surface area (Å²) in [5.41, 5.74) is -1.04. The number of rotatable bonds is 6. The lowest BCUT2D eigenvalue weighted by atomic mass is 9.72. The van der Waals surface area contributed by atoms with Crippen LogP contribution in [0.2, 0.25) is 0 Å². The van der Waals surface area contributed by atoms with Crippen LogP contribution < -0.4 is 5.32 Å². The highest BCUT2D eigenvalue weighted by Gasteiger charge is 2.45. The lowest BCUT2D eigenvalue weighted by molar-refractivity contribution is -0.148. The van der Waals surface area contributed by atoms with Crippen LogP contribution in [0, 0.1) is 0 Å². The van der Waals surface area contributed by atoms with Crippen molar-refractivity contribution in [3.8, 4) is 0 Å². The van der Waals surface area contributed by atoms with Gasteiger partial charge in [0, 0.05) is 13.1 Å². The van der Waals surface area contributed by atoms with Gasteiger partial charge in [-0.1, -0.05) is 30.3 Å². The molecule has 0 bridgehead atoms. The molecule has 1 saturated heterocycles. The molecule has 30 heavy (non-hydrogen) atoms. The fourth-order valence-corrected chi connectivity index (χ4v) is 3.47. The highest BCUT2D eigenvalue weighted by atomic mass is 16.6. The van der Waals surface area contributed by atoms with Crippen LogP contribution in [-0.4, -0.2) is 63.8 Å². The van der Waals surface area contributed by atoms with Gasteiger partial charge in [-0.05, 0) is 39.2 Å². The second kappa shape index (κ2) is 9.15. The summed E-state index contributed by atoms with van der Waals surface area (Å²) in [6.45, 7) is 5.79. The van der Waals surface area contributed by atoms with Crippen LogP contribution in [0.3, 0.4) is 0 Å². The molecule has 0 aromatic heterocycles. The summed E-state index contributed by atoms with van der Waals surface area (Å²) in [6.07, 6.45) is -0.697. The first-order valence-corrected chi connectivity index (χ1v) is 9.73. The average molecular weight is 420 g/mol. The Kier molecular flexibility index (Phi) is 7.07. The summed E-state index contributed by atoms with van der Waals surface area (Å²) in [7, 11) is 0. The molecule has 1 fully saturated rings. The van der Waals surface area contributed by atoms with Crippen LogP contribution in [0.25, 0.3) is 0 Å². The van der Waals surface area contributed by atoms with Crippen LogP contribution in [0.4, 0.5) is 4.79 Å². The first kappa shape index (κ1) is 23.2. The Labute approximate surface area is 175 Å². The maximum absolute atomic E-state index is 13.2. The minimum atomic E-state index is -1.54. The molecular weight excluding hydrogens is 392 g/mol. The normalized spacial score (nSPS) is 17.0. The molecule has 2 rings (SSSR count). The van der Waals surface area contributed by atoms with Crippen molar-refractivity contribution in [2.75, 3.05) is 13.1 Å². The zero-order valence-electron chi connectivity index (χ0n) is 17.4. The fourth-order valence-electron chi connectivity index (χ4n) is 3.47. The van der Waals surface area contributed by atoms with Crippen LogP contribution in [0.15, 0.2) is 30.3 Å². The Morgan fingerprint density at radius 3 is 2.13 bits per heavy atom. The fraction of sp³-hybridized carbons (Fsp3) is 0.524. The molecule has 2 amide bonds. The number of likely N-dealkylation sites (tertiary alicyclic amines) is 1. The number of carboxylic acids is 2. The number of carboxylic acid groups (broad SMARTS) is 2. The molecule has 0 aliphatic carbocycles. The third-order valence-corrected chi connectivity index (χ3v) is 5.01. The van der Waals surface area contributed by atoms with Gasteiger partial charge in [0.25, 0.3) is 0 Å². The number of nitrogens with one attached hydrogen (secondary N) is 1. The maximum atomic E-state index is 13.2. The van der Waals surface area contributed by atoms with Crippen molar-refractivity contribution in [1.82, 2.24) is 10.2 Å². The molecule has 0 unspecified atom stereocenters. The standard InChI is InChI=1S/C21H28N2O7/c1-20(2,3)30-19(29)23-11-9-21(10-12-23,14-7-5-4-6-8-14)18(28)22-15(17(26)27)13-16(24)25/h4-8,15H,9-13H2,1-3H3,(H,22,28)(H,24,25)(H,26,27)/t15-/m0/s1. The zero-order chi connectivity index (χ0) is 22.5. The van der Waals surface area contributed by atoms with Gasteiger partial charge in [0.2, 0.25) is 5.91 Å². The van der Waals surface area contributed by atoms with E-state index in [4.69, 9.17) is 9.84 Å². The molecule has 0 spiro atoms. The van der Waals surface area contributed by atoms with Gasteiger partial charge >= 0.3 is 18.0 Å². The number of nitrogens with zero attached hydrogens (tertiary/aromatic N) is 1. The molecule has 0 radical (unpaired) electrons. The molecule has 1 aromatic carbocycles. The van der Waals surface area contributed by atoms with E-state index >= 15 is 0 Å².